The summed E-state index contributed by atoms with van der Waals surface area (Å²) in [5.41, 5.74) is 0. The van der Waals surface area contributed by atoms with Crippen LogP contribution < -0.4 is 5.32 Å². The van der Waals surface area contributed by atoms with Crippen molar-refractivity contribution in [1.82, 2.24) is 15.1 Å². The maximum atomic E-state index is 5.42. The van der Waals surface area contributed by atoms with Crippen LogP contribution in [0.25, 0.3) is 0 Å². The van der Waals surface area contributed by atoms with Crippen molar-refractivity contribution < 1.29 is 4.74 Å². The Labute approximate surface area is 118 Å². The van der Waals surface area contributed by atoms with Gasteiger partial charge in [0.25, 0.3) is 0 Å². The highest BCUT2D eigenvalue weighted by Crippen LogP contribution is 2.18. The second kappa shape index (κ2) is 8.20. The lowest BCUT2D eigenvalue weighted by Gasteiger charge is -2.35. The first-order chi connectivity index (χ1) is 9.25. The first kappa shape index (κ1) is 15.2. The molecule has 0 aromatic rings. The Hall–Kier alpha value is -0.160. The fraction of sp³-hybridized carbons (Fsp3) is 1.00. The zero-order valence-electron chi connectivity index (χ0n) is 12.7. The molecular weight excluding hydrogens is 238 g/mol. The summed E-state index contributed by atoms with van der Waals surface area (Å²) in [6.07, 6.45) is 3.87. The standard InChI is InChI=1S/C15H31N3O/c1-14(18-9-6-16-7-10-18)13-17(2)8-3-15-4-11-19-12-5-15/h14-16H,3-13H2,1-2H3. The molecule has 112 valence electrons. The summed E-state index contributed by atoms with van der Waals surface area (Å²) in [4.78, 5) is 5.13. The number of hydrogen-bond acceptors (Lipinski definition) is 4. The molecule has 1 unspecified atom stereocenters. The molecule has 2 aliphatic rings. The summed E-state index contributed by atoms with van der Waals surface area (Å²) in [6, 6.07) is 0.682. The number of rotatable bonds is 6. The number of nitrogens with one attached hydrogen (secondary N) is 1. The fourth-order valence-corrected chi connectivity index (χ4v) is 3.22. The molecule has 2 rings (SSSR count). The van der Waals surface area contributed by atoms with Crippen LogP contribution in [0.4, 0.5) is 0 Å². The van der Waals surface area contributed by atoms with E-state index in [9.17, 15) is 0 Å². The van der Waals surface area contributed by atoms with Gasteiger partial charge in [-0.2, -0.15) is 0 Å². The lowest BCUT2D eigenvalue weighted by Crippen LogP contribution is -2.50. The van der Waals surface area contributed by atoms with Gasteiger partial charge >= 0.3 is 0 Å². The van der Waals surface area contributed by atoms with E-state index in [2.05, 4.69) is 29.1 Å². The Bertz CT molecular complexity index is 238. The second-order valence-electron chi connectivity index (χ2n) is 6.24. The molecule has 2 saturated heterocycles. The largest absolute Gasteiger partial charge is 0.381 e. The molecule has 2 fully saturated rings. The third-order valence-corrected chi connectivity index (χ3v) is 4.61. The highest BCUT2D eigenvalue weighted by molar-refractivity contribution is 4.76. The smallest absolute Gasteiger partial charge is 0.0468 e. The molecule has 0 bridgehead atoms. The fourth-order valence-electron chi connectivity index (χ4n) is 3.22. The molecule has 0 aliphatic carbocycles. The predicted molar refractivity (Wildman–Crippen MR) is 79.6 cm³/mol. The third kappa shape index (κ3) is 5.38. The predicted octanol–water partition coefficient (Wildman–Crippen LogP) is 1.03. The highest BCUT2D eigenvalue weighted by atomic mass is 16.5. The van der Waals surface area contributed by atoms with Crippen molar-refractivity contribution in [1.29, 1.82) is 0 Å². The molecule has 0 spiro atoms. The van der Waals surface area contributed by atoms with Crippen molar-refractivity contribution in [3.05, 3.63) is 0 Å². The van der Waals surface area contributed by atoms with Crippen molar-refractivity contribution in [2.45, 2.75) is 32.2 Å². The maximum absolute atomic E-state index is 5.42. The maximum Gasteiger partial charge on any atom is 0.0468 e. The molecule has 0 aromatic carbocycles. The normalized spacial score (nSPS) is 24.8. The van der Waals surface area contributed by atoms with E-state index in [1.807, 2.05) is 0 Å². The van der Waals surface area contributed by atoms with E-state index in [1.54, 1.807) is 0 Å². The first-order valence-electron chi connectivity index (χ1n) is 7.97. The summed E-state index contributed by atoms with van der Waals surface area (Å²) in [5, 5.41) is 3.42. The minimum atomic E-state index is 0.682. The van der Waals surface area contributed by atoms with Crippen LogP contribution in [0, 0.1) is 5.92 Å². The van der Waals surface area contributed by atoms with Gasteiger partial charge in [-0.25, -0.2) is 0 Å². The number of likely N-dealkylation sites (N-methyl/N-ethyl adjacent to an activating group) is 1. The Morgan fingerprint density at radius 2 is 1.95 bits per heavy atom. The van der Waals surface area contributed by atoms with Gasteiger partial charge in [0.15, 0.2) is 0 Å². The van der Waals surface area contributed by atoms with Crippen LogP contribution in [0.5, 0.6) is 0 Å². The molecule has 0 radical (unpaired) electrons. The van der Waals surface area contributed by atoms with Gasteiger partial charge in [-0.1, -0.05) is 0 Å². The highest BCUT2D eigenvalue weighted by Gasteiger charge is 2.19. The Morgan fingerprint density at radius 3 is 2.63 bits per heavy atom. The number of nitrogens with zero attached hydrogens (tertiary/aromatic N) is 2. The number of piperazine rings is 1. The van der Waals surface area contributed by atoms with E-state index < -0.39 is 0 Å². The lowest BCUT2D eigenvalue weighted by atomic mass is 9.96. The average Bonchev–Trinajstić information content (AvgIpc) is 2.47. The molecule has 19 heavy (non-hydrogen) atoms. The van der Waals surface area contributed by atoms with E-state index in [-0.39, 0.29) is 0 Å². The van der Waals surface area contributed by atoms with Gasteiger partial charge in [0.2, 0.25) is 0 Å². The van der Waals surface area contributed by atoms with Crippen LogP contribution >= 0.6 is 0 Å². The van der Waals surface area contributed by atoms with Gasteiger partial charge in [0.1, 0.15) is 0 Å². The lowest BCUT2D eigenvalue weighted by molar-refractivity contribution is 0.0596. The van der Waals surface area contributed by atoms with Crippen LogP contribution in [-0.4, -0.2) is 75.4 Å². The van der Waals surface area contributed by atoms with Gasteiger partial charge in [-0.15, -0.1) is 0 Å². The van der Waals surface area contributed by atoms with Crippen molar-refractivity contribution in [2.24, 2.45) is 5.92 Å². The van der Waals surface area contributed by atoms with Gasteiger partial charge in [-0.05, 0) is 45.7 Å². The van der Waals surface area contributed by atoms with E-state index in [1.165, 1.54) is 45.4 Å². The minimum Gasteiger partial charge on any atom is -0.381 e. The molecule has 1 atom stereocenters. The van der Waals surface area contributed by atoms with Crippen LogP contribution in [0.1, 0.15) is 26.2 Å². The number of hydrogen-bond donors (Lipinski definition) is 1. The van der Waals surface area contributed by atoms with Crippen LogP contribution in [-0.2, 0) is 4.74 Å². The summed E-state index contributed by atoms with van der Waals surface area (Å²) in [6.45, 7) is 11.5. The van der Waals surface area contributed by atoms with E-state index in [0.29, 0.717) is 6.04 Å². The molecule has 1 N–H and O–H groups in total. The molecule has 4 nitrogen and oxygen atoms in total. The van der Waals surface area contributed by atoms with Gasteiger partial charge < -0.3 is 15.0 Å². The van der Waals surface area contributed by atoms with E-state index in [0.717, 1.165) is 32.2 Å². The van der Waals surface area contributed by atoms with E-state index in [4.69, 9.17) is 4.74 Å². The first-order valence-corrected chi connectivity index (χ1v) is 7.97. The van der Waals surface area contributed by atoms with Crippen molar-refractivity contribution in [2.75, 3.05) is 59.5 Å². The summed E-state index contributed by atoms with van der Waals surface area (Å²) >= 11 is 0. The SMILES string of the molecule is CC(CN(C)CCC1CCOCC1)N1CCNCC1. The molecular formula is C15H31N3O. The van der Waals surface area contributed by atoms with Crippen LogP contribution in [0.15, 0.2) is 0 Å². The van der Waals surface area contributed by atoms with Crippen LogP contribution in [0.3, 0.4) is 0 Å². The second-order valence-corrected chi connectivity index (χ2v) is 6.24. The minimum absolute atomic E-state index is 0.682. The zero-order chi connectivity index (χ0) is 13.5. The summed E-state index contributed by atoms with van der Waals surface area (Å²) in [7, 11) is 2.28. The van der Waals surface area contributed by atoms with Gasteiger partial charge in [0, 0.05) is 52.0 Å². The van der Waals surface area contributed by atoms with Crippen molar-refractivity contribution >= 4 is 0 Å². The monoisotopic (exact) mass is 269 g/mol. The molecule has 0 saturated carbocycles. The molecule has 4 heteroatoms. The third-order valence-electron chi connectivity index (χ3n) is 4.61. The molecule has 2 heterocycles. The Balaban J connectivity index is 1.61. The topological polar surface area (TPSA) is 27.7 Å². The molecule has 0 aromatic heterocycles. The van der Waals surface area contributed by atoms with Gasteiger partial charge in [0.05, 0.1) is 0 Å². The van der Waals surface area contributed by atoms with Crippen molar-refractivity contribution in [3.8, 4) is 0 Å². The van der Waals surface area contributed by atoms with Crippen molar-refractivity contribution in [3.63, 3.8) is 0 Å². The Kier molecular flexibility index (Phi) is 6.57. The summed E-state index contributed by atoms with van der Waals surface area (Å²) < 4.78 is 5.42. The van der Waals surface area contributed by atoms with Gasteiger partial charge in [-0.3, -0.25) is 4.90 Å². The van der Waals surface area contributed by atoms with Crippen LogP contribution in [0.2, 0.25) is 0 Å². The zero-order valence-corrected chi connectivity index (χ0v) is 12.7. The molecule has 0 amide bonds. The molecule has 2 aliphatic heterocycles. The summed E-state index contributed by atoms with van der Waals surface area (Å²) in [5.74, 6) is 0.894. The average molecular weight is 269 g/mol. The Morgan fingerprint density at radius 1 is 1.26 bits per heavy atom. The van der Waals surface area contributed by atoms with E-state index >= 15 is 0 Å². The number of ether oxygens (including phenoxy) is 1. The quantitative estimate of drug-likeness (QED) is 0.779.